The van der Waals surface area contributed by atoms with Crippen LogP contribution in [0.4, 0.5) is 5.69 Å². The van der Waals surface area contributed by atoms with E-state index < -0.39 is 11.0 Å². The van der Waals surface area contributed by atoms with Crippen molar-refractivity contribution in [2.45, 2.75) is 26.4 Å². The second-order valence-electron chi connectivity index (χ2n) is 6.64. The van der Waals surface area contributed by atoms with Gasteiger partial charge in [-0.25, -0.2) is 0 Å². The predicted octanol–water partition coefficient (Wildman–Crippen LogP) is 0.739. The molecule has 3 rings (SSSR count). The molecule has 1 aliphatic heterocycles. The number of rotatable bonds is 5. The van der Waals surface area contributed by atoms with E-state index in [0.717, 1.165) is 25.2 Å². The van der Waals surface area contributed by atoms with Crippen molar-refractivity contribution in [2.75, 3.05) is 26.2 Å². The Kier molecular flexibility index (Phi) is 5.03. The van der Waals surface area contributed by atoms with Gasteiger partial charge in [0.2, 0.25) is 5.91 Å². The highest BCUT2D eigenvalue weighted by molar-refractivity contribution is 5.80. The summed E-state index contributed by atoms with van der Waals surface area (Å²) in [5.74, 6) is -0.0663. The van der Waals surface area contributed by atoms with E-state index in [0.29, 0.717) is 18.8 Å². The van der Waals surface area contributed by atoms with Gasteiger partial charge in [-0.2, -0.15) is 10.2 Å². The SMILES string of the molecule is Cc1nn(C(C)C(=O)N2CCN(Cc3cnn(C)c3)CC2)cc1[N+](=O)[O-]. The van der Waals surface area contributed by atoms with Crippen molar-refractivity contribution in [2.24, 2.45) is 7.05 Å². The van der Waals surface area contributed by atoms with E-state index in [1.165, 1.54) is 10.9 Å². The maximum atomic E-state index is 12.7. The van der Waals surface area contributed by atoms with Gasteiger partial charge in [0.25, 0.3) is 0 Å². The quantitative estimate of drug-likeness (QED) is 0.575. The van der Waals surface area contributed by atoms with Crippen LogP contribution in [-0.4, -0.2) is 66.4 Å². The third-order valence-corrected chi connectivity index (χ3v) is 4.69. The van der Waals surface area contributed by atoms with Gasteiger partial charge in [-0.05, 0) is 13.8 Å². The summed E-state index contributed by atoms with van der Waals surface area (Å²) in [4.78, 5) is 27.3. The molecule has 0 saturated carbocycles. The van der Waals surface area contributed by atoms with Crippen LogP contribution in [0.25, 0.3) is 0 Å². The topological polar surface area (TPSA) is 102 Å². The number of aryl methyl sites for hydroxylation is 2. The van der Waals surface area contributed by atoms with Crippen molar-refractivity contribution < 1.29 is 9.72 Å². The first-order valence-electron chi connectivity index (χ1n) is 8.54. The highest BCUT2D eigenvalue weighted by Gasteiger charge is 2.28. The number of amides is 1. The van der Waals surface area contributed by atoms with Gasteiger partial charge in [-0.3, -0.25) is 29.2 Å². The lowest BCUT2D eigenvalue weighted by Crippen LogP contribution is -2.49. The van der Waals surface area contributed by atoms with Gasteiger partial charge < -0.3 is 4.90 Å². The second-order valence-corrected chi connectivity index (χ2v) is 6.64. The van der Waals surface area contributed by atoms with Crippen LogP contribution >= 0.6 is 0 Å². The first kappa shape index (κ1) is 18.1. The molecule has 0 bridgehead atoms. The van der Waals surface area contributed by atoms with E-state index in [1.54, 1.807) is 23.4 Å². The van der Waals surface area contributed by atoms with Crippen molar-refractivity contribution >= 4 is 11.6 Å². The molecule has 1 aliphatic rings. The Hall–Kier alpha value is -2.75. The Morgan fingerprint density at radius 1 is 1.31 bits per heavy atom. The van der Waals surface area contributed by atoms with Crippen LogP contribution < -0.4 is 0 Å². The number of carbonyl (C=O) groups is 1. The normalized spacial score (nSPS) is 16.7. The maximum Gasteiger partial charge on any atom is 0.309 e. The van der Waals surface area contributed by atoms with Gasteiger partial charge in [0.1, 0.15) is 17.9 Å². The Bertz CT molecular complexity index is 805. The van der Waals surface area contributed by atoms with Crippen molar-refractivity contribution in [3.05, 3.63) is 40.0 Å². The molecule has 1 saturated heterocycles. The molecule has 0 N–H and O–H groups in total. The summed E-state index contributed by atoms with van der Waals surface area (Å²) in [6.45, 7) is 6.94. The van der Waals surface area contributed by atoms with Gasteiger partial charge >= 0.3 is 5.69 Å². The monoisotopic (exact) mass is 361 g/mol. The van der Waals surface area contributed by atoms with Gasteiger partial charge in [0, 0.05) is 51.5 Å². The fraction of sp³-hybridized carbons (Fsp3) is 0.562. The summed E-state index contributed by atoms with van der Waals surface area (Å²) in [5, 5.41) is 19.3. The molecule has 1 fully saturated rings. The summed E-state index contributed by atoms with van der Waals surface area (Å²) in [6, 6.07) is -0.563. The van der Waals surface area contributed by atoms with E-state index in [1.807, 2.05) is 19.4 Å². The minimum atomic E-state index is -0.563. The third kappa shape index (κ3) is 3.74. The van der Waals surface area contributed by atoms with Crippen LogP contribution in [0.3, 0.4) is 0 Å². The van der Waals surface area contributed by atoms with Crippen LogP contribution in [-0.2, 0) is 18.4 Å². The van der Waals surface area contributed by atoms with E-state index >= 15 is 0 Å². The molecule has 140 valence electrons. The molecule has 0 aliphatic carbocycles. The van der Waals surface area contributed by atoms with Crippen molar-refractivity contribution in [3.63, 3.8) is 0 Å². The molecular weight excluding hydrogens is 338 g/mol. The Balaban J connectivity index is 1.57. The van der Waals surface area contributed by atoms with Crippen molar-refractivity contribution in [1.82, 2.24) is 29.4 Å². The predicted molar refractivity (Wildman–Crippen MR) is 93.4 cm³/mol. The lowest BCUT2D eigenvalue weighted by Gasteiger charge is -2.35. The second kappa shape index (κ2) is 7.24. The smallest absolute Gasteiger partial charge is 0.309 e. The van der Waals surface area contributed by atoms with Gasteiger partial charge in [-0.1, -0.05) is 0 Å². The van der Waals surface area contributed by atoms with Crippen LogP contribution in [0.1, 0.15) is 24.2 Å². The fourth-order valence-corrected chi connectivity index (χ4v) is 3.17. The number of hydrogen-bond donors (Lipinski definition) is 0. The molecular formula is C16H23N7O3. The molecule has 1 amide bonds. The first-order chi connectivity index (χ1) is 12.3. The standard InChI is InChI=1S/C16H23N7O3/c1-12-15(23(25)26)11-22(18-12)13(2)16(24)21-6-4-20(5-7-21)10-14-8-17-19(3)9-14/h8-9,11,13H,4-7,10H2,1-3H3. The zero-order valence-electron chi connectivity index (χ0n) is 15.2. The van der Waals surface area contributed by atoms with E-state index in [-0.39, 0.29) is 11.6 Å². The zero-order valence-corrected chi connectivity index (χ0v) is 15.2. The van der Waals surface area contributed by atoms with Gasteiger partial charge in [0.05, 0.1) is 11.1 Å². The van der Waals surface area contributed by atoms with E-state index in [9.17, 15) is 14.9 Å². The summed E-state index contributed by atoms with van der Waals surface area (Å²) in [5.41, 5.74) is 1.40. The molecule has 2 aromatic rings. The molecule has 10 heteroatoms. The lowest BCUT2D eigenvalue weighted by molar-refractivity contribution is -0.385. The molecule has 0 radical (unpaired) electrons. The molecule has 3 heterocycles. The minimum absolute atomic E-state index is 0.0639. The average molecular weight is 361 g/mol. The maximum absolute atomic E-state index is 12.7. The number of carbonyl (C=O) groups excluding carboxylic acids is 1. The molecule has 0 spiro atoms. The third-order valence-electron chi connectivity index (χ3n) is 4.69. The summed E-state index contributed by atoms with van der Waals surface area (Å²) >= 11 is 0. The Labute approximate surface area is 151 Å². The van der Waals surface area contributed by atoms with E-state index in [4.69, 9.17) is 0 Å². The molecule has 1 atom stereocenters. The van der Waals surface area contributed by atoms with Crippen molar-refractivity contribution in [3.8, 4) is 0 Å². The summed E-state index contributed by atoms with van der Waals surface area (Å²) in [7, 11) is 1.89. The van der Waals surface area contributed by atoms with Crippen LogP contribution in [0.5, 0.6) is 0 Å². The lowest BCUT2D eigenvalue weighted by atomic mass is 10.2. The van der Waals surface area contributed by atoms with Gasteiger partial charge in [-0.15, -0.1) is 0 Å². The highest BCUT2D eigenvalue weighted by Crippen LogP contribution is 2.20. The van der Waals surface area contributed by atoms with Gasteiger partial charge in [0.15, 0.2) is 0 Å². The number of nitro groups is 1. The fourth-order valence-electron chi connectivity index (χ4n) is 3.17. The summed E-state index contributed by atoms with van der Waals surface area (Å²) < 4.78 is 3.17. The largest absolute Gasteiger partial charge is 0.338 e. The van der Waals surface area contributed by atoms with Crippen LogP contribution in [0, 0.1) is 17.0 Å². The highest BCUT2D eigenvalue weighted by atomic mass is 16.6. The number of piperazine rings is 1. The molecule has 10 nitrogen and oxygen atoms in total. The molecule has 2 aromatic heterocycles. The zero-order chi connectivity index (χ0) is 18.8. The number of hydrogen-bond acceptors (Lipinski definition) is 6. The Morgan fingerprint density at radius 2 is 2.00 bits per heavy atom. The molecule has 26 heavy (non-hydrogen) atoms. The Morgan fingerprint density at radius 3 is 2.54 bits per heavy atom. The van der Waals surface area contributed by atoms with Crippen LogP contribution in [0.15, 0.2) is 18.6 Å². The van der Waals surface area contributed by atoms with Crippen LogP contribution in [0.2, 0.25) is 0 Å². The number of aromatic nitrogens is 4. The van der Waals surface area contributed by atoms with Crippen molar-refractivity contribution in [1.29, 1.82) is 0 Å². The van der Waals surface area contributed by atoms with E-state index in [2.05, 4.69) is 15.1 Å². The minimum Gasteiger partial charge on any atom is -0.338 e. The molecule has 1 unspecified atom stereocenters. The first-order valence-corrected chi connectivity index (χ1v) is 8.54. The summed E-state index contributed by atoms with van der Waals surface area (Å²) in [6.07, 6.45) is 5.18. The number of nitrogens with zero attached hydrogens (tertiary/aromatic N) is 7. The molecule has 0 aromatic carbocycles. The average Bonchev–Trinajstić information content (AvgIpc) is 3.20.